The molecular formula is C9H3N7. The summed E-state index contributed by atoms with van der Waals surface area (Å²) < 4.78 is 0. The molecule has 0 saturated carbocycles. The van der Waals surface area contributed by atoms with Crippen molar-refractivity contribution >= 4 is 29.3 Å². The van der Waals surface area contributed by atoms with E-state index in [1.807, 2.05) is 6.07 Å². The summed E-state index contributed by atoms with van der Waals surface area (Å²) in [5.41, 5.74) is 2.70. The first-order valence-corrected chi connectivity index (χ1v) is 4.61. The summed E-state index contributed by atoms with van der Waals surface area (Å²) in [6, 6.07) is 1.86. The number of aromatic nitrogens is 3. The van der Waals surface area contributed by atoms with Gasteiger partial charge in [0, 0.05) is 5.22 Å². The van der Waals surface area contributed by atoms with Crippen LogP contribution in [0.25, 0.3) is 17.2 Å². The van der Waals surface area contributed by atoms with E-state index in [9.17, 15) is 0 Å². The molecule has 16 heavy (non-hydrogen) atoms. The van der Waals surface area contributed by atoms with Crippen molar-refractivity contribution in [1.82, 2.24) is 15.2 Å². The molecule has 7 heteroatoms. The Balaban J connectivity index is 2.26. The molecule has 2 aromatic heterocycles. The largest absolute Gasteiger partial charge is 0.224 e. The predicted octanol–water partition coefficient (Wildman–Crippen LogP) is -0.173. The van der Waals surface area contributed by atoms with Crippen molar-refractivity contribution in [3.63, 3.8) is 0 Å². The smallest absolute Gasteiger partial charge is 0.207 e. The molecule has 4 heterocycles. The molecule has 0 aromatic carbocycles. The zero-order valence-electron chi connectivity index (χ0n) is 7.86. The highest BCUT2D eigenvalue weighted by molar-refractivity contribution is 5.96. The first kappa shape index (κ1) is 7.69. The maximum atomic E-state index is 4.38. The third kappa shape index (κ3) is 0.842. The zero-order valence-corrected chi connectivity index (χ0v) is 7.86. The Morgan fingerprint density at radius 1 is 1.12 bits per heavy atom. The summed E-state index contributed by atoms with van der Waals surface area (Å²) in [6.07, 6.45) is 3.27. The molecule has 0 N–H and O–H groups in total. The van der Waals surface area contributed by atoms with Gasteiger partial charge in [0.05, 0.1) is 18.0 Å². The molecule has 2 aliphatic rings. The second kappa shape index (κ2) is 2.51. The molecule has 0 unspecified atom stereocenters. The molecule has 0 fully saturated rings. The lowest BCUT2D eigenvalue weighted by Gasteiger charge is -1.97. The number of azo groups is 1. The average molecular weight is 209 g/mol. The lowest BCUT2D eigenvalue weighted by Crippen LogP contribution is -2.15. The molecule has 74 valence electrons. The molecule has 2 aromatic rings. The van der Waals surface area contributed by atoms with Crippen LogP contribution in [-0.2, 0) is 0 Å². The van der Waals surface area contributed by atoms with Crippen LogP contribution in [0.5, 0.6) is 0 Å². The van der Waals surface area contributed by atoms with Gasteiger partial charge in [-0.3, -0.25) is 0 Å². The summed E-state index contributed by atoms with van der Waals surface area (Å²) in [5, 5.41) is 24.2. The van der Waals surface area contributed by atoms with Crippen molar-refractivity contribution in [2.24, 2.45) is 20.4 Å². The van der Waals surface area contributed by atoms with Crippen LogP contribution in [0.1, 0.15) is 5.56 Å². The fourth-order valence-electron chi connectivity index (χ4n) is 1.70. The van der Waals surface area contributed by atoms with Gasteiger partial charge in [0.25, 0.3) is 0 Å². The number of rotatable bonds is 0. The second-order valence-electron chi connectivity index (χ2n) is 3.40. The molecule has 0 atom stereocenters. The highest BCUT2D eigenvalue weighted by atomic mass is 15.3. The van der Waals surface area contributed by atoms with Crippen molar-refractivity contribution < 1.29 is 0 Å². The molecule has 7 nitrogen and oxygen atoms in total. The quantitative estimate of drug-likeness (QED) is 0.603. The minimum absolute atomic E-state index is 0.499. The van der Waals surface area contributed by atoms with Crippen molar-refractivity contribution in [3.8, 4) is 0 Å². The second-order valence-corrected chi connectivity index (χ2v) is 3.40. The number of nitrogens with zero attached hydrogens (tertiary/aromatic N) is 7. The zero-order chi connectivity index (χ0) is 10.5. The third-order valence-corrected chi connectivity index (χ3v) is 2.45. The fourth-order valence-corrected chi connectivity index (χ4v) is 1.70. The van der Waals surface area contributed by atoms with E-state index in [1.165, 1.54) is 0 Å². The normalized spacial score (nSPS) is 14.8. The lowest BCUT2D eigenvalue weighted by molar-refractivity contribution is 0.964. The Bertz CT molecular complexity index is 801. The van der Waals surface area contributed by atoms with Gasteiger partial charge in [0.15, 0.2) is 5.82 Å². The van der Waals surface area contributed by atoms with Gasteiger partial charge in [0.1, 0.15) is 11.0 Å². The molecule has 2 aliphatic heterocycles. The Labute approximate surface area is 88.0 Å². The van der Waals surface area contributed by atoms with E-state index < -0.39 is 0 Å². The van der Waals surface area contributed by atoms with E-state index in [1.54, 1.807) is 12.4 Å². The first-order valence-electron chi connectivity index (χ1n) is 4.61. The SMILES string of the molecule is C1=NN=c2nnc3cc4c(nc3c21)N=NC=4. The van der Waals surface area contributed by atoms with Crippen LogP contribution in [0.15, 0.2) is 26.5 Å². The lowest BCUT2D eigenvalue weighted by atomic mass is 10.2. The molecular weight excluding hydrogens is 206 g/mol. The Hall–Kier alpha value is -2.57. The van der Waals surface area contributed by atoms with Crippen LogP contribution in [0.4, 0.5) is 5.82 Å². The molecule has 0 amide bonds. The highest BCUT2D eigenvalue weighted by Gasteiger charge is 2.13. The first-order chi connectivity index (χ1) is 7.92. The molecule has 0 radical (unpaired) electrons. The summed E-state index contributed by atoms with van der Waals surface area (Å²) in [7, 11) is 0. The summed E-state index contributed by atoms with van der Waals surface area (Å²) in [4.78, 5) is 4.38. The van der Waals surface area contributed by atoms with Gasteiger partial charge < -0.3 is 0 Å². The van der Waals surface area contributed by atoms with Gasteiger partial charge in [-0.1, -0.05) is 0 Å². The minimum atomic E-state index is 0.499. The van der Waals surface area contributed by atoms with Crippen molar-refractivity contribution in [2.45, 2.75) is 0 Å². The maximum absolute atomic E-state index is 4.38. The molecule has 0 aliphatic carbocycles. The van der Waals surface area contributed by atoms with Crippen molar-refractivity contribution in [3.05, 3.63) is 22.3 Å². The van der Waals surface area contributed by atoms with Crippen LogP contribution in [-0.4, -0.2) is 21.4 Å². The molecule has 4 rings (SSSR count). The number of fused-ring (bicyclic) bond motifs is 4. The fraction of sp³-hybridized carbons (Fsp3) is 0. The van der Waals surface area contributed by atoms with Crippen LogP contribution >= 0.6 is 0 Å². The number of pyridine rings is 1. The van der Waals surface area contributed by atoms with Gasteiger partial charge in [-0.25, -0.2) is 4.98 Å². The monoisotopic (exact) mass is 209 g/mol. The Kier molecular flexibility index (Phi) is 1.21. The Morgan fingerprint density at radius 3 is 3.12 bits per heavy atom. The third-order valence-electron chi connectivity index (χ3n) is 2.45. The maximum Gasteiger partial charge on any atom is 0.207 e. The topological polar surface area (TPSA) is 88.1 Å². The number of hydrogen-bond acceptors (Lipinski definition) is 7. The van der Waals surface area contributed by atoms with Crippen LogP contribution in [0, 0.1) is 0 Å². The van der Waals surface area contributed by atoms with Crippen LogP contribution in [0.2, 0.25) is 0 Å². The van der Waals surface area contributed by atoms with Crippen LogP contribution in [0.3, 0.4) is 0 Å². The molecule has 0 saturated heterocycles. The van der Waals surface area contributed by atoms with Gasteiger partial charge >= 0.3 is 0 Å². The minimum Gasteiger partial charge on any atom is -0.224 e. The standard InChI is InChI=1S/C9H3N7/c1-4-2-10-14-8(4)12-7-5-3-11-15-9(5)16-13-6(1)7/h1-3H. The highest BCUT2D eigenvalue weighted by Crippen LogP contribution is 2.15. The summed E-state index contributed by atoms with van der Waals surface area (Å²) in [5.74, 6) is 0.600. The van der Waals surface area contributed by atoms with E-state index in [4.69, 9.17) is 0 Å². The molecule has 0 bridgehead atoms. The summed E-state index contributed by atoms with van der Waals surface area (Å²) in [6.45, 7) is 0. The van der Waals surface area contributed by atoms with E-state index in [-0.39, 0.29) is 0 Å². The summed E-state index contributed by atoms with van der Waals surface area (Å²) >= 11 is 0. The van der Waals surface area contributed by atoms with E-state index in [0.29, 0.717) is 22.3 Å². The van der Waals surface area contributed by atoms with E-state index in [0.717, 1.165) is 10.8 Å². The van der Waals surface area contributed by atoms with Crippen molar-refractivity contribution in [2.75, 3.05) is 0 Å². The van der Waals surface area contributed by atoms with Gasteiger partial charge in [0.2, 0.25) is 5.49 Å². The van der Waals surface area contributed by atoms with Gasteiger partial charge in [-0.2, -0.15) is 10.2 Å². The predicted molar refractivity (Wildman–Crippen MR) is 54.7 cm³/mol. The molecule has 0 spiro atoms. The van der Waals surface area contributed by atoms with E-state index >= 15 is 0 Å². The van der Waals surface area contributed by atoms with Crippen LogP contribution < -0.4 is 10.7 Å². The van der Waals surface area contributed by atoms with E-state index in [2.05, 4.69) is 35.6 Å². The van der Waals surface area contributed by atoms with Crippen molar-refractivity contribution in [1.29, 1.82) is 0 Å². The Morgan fingerprint density at radius 2 is 2.12 bits per heavy atom. The van der Waals surface area contributed by atoms with Gasteiger partial charge in [-0.15, -0.1) is 20.4 Å². The number of hydrogen-bond donors (Lipinski definition) is 0. The average Bonchev–Trinajstić information content (AvgIpc) is 2.94. The van der Waals surface area contributed by atoms with Gasteiger partial charge in [-0.05, 0) is 6.07 Å².